The quantitative estimate of drug-likeness (QED) is 0.670. The molecule has 1 atom stereocenters. The summed E-state index contributed by atoms with van der Waals surface area (Å²) in [5.74, 6) is 1.31. The first-order chi connectivity index (χ1) is 12.2. The number of rotatable bonds is 6. The zero-order valence-corrected chi connectivity index (χ0v) is 14.4. The summed E-state index contributed by atoms with van der Waals surface area (Å²) in [5, 5.41) is 3.46. The molecule has 0 saturated heterocycles. The summed E-state index contributed by atoms with van der Waals surface area (Å²) < 4.78 is 10.6. The fourth-order valence-corrected chi connectivity index (χ4v) is 2.63. The topological polar surface area (TPSA) is 51.5 Å². The molecule has 3 aromatic rings. The van der Waals surface area contributed by atoms with Crippen LogP contribution >= 0.6 is 0 Å². The molecule has 128 valence electrons. The zero-order valence-electron chi connectivity index (χ0n) is 14.4. The smallest absolute Gasteiger partial charge is 0.337 e. The molecule has 0 radical (unpaired) electrons. The van der Waals surface area contributed by atoms with Crippen LogP contribution in [-0.2, 0) is 11.3 Å². The molecule has 1 N–H and O–H groups in total. The Balaban J connectivity index is 1.63. The number of furan rings is 1. The maximum atomic E-state index is 11.5. The summed E-state index contributed by atoms with van der Waals surface area (Å²) in [4.78, 5) is 11.5. The van der Waals surface area contributed by atoms with Crippen LogP contribution in [0.3, 0.4) is 0 Å². The van der Waals surface area contributed by atoms with Crippen LogP contribution in [0.5, 0.6) is 0 Å². The van der Waals surface area contributed by atoms with Crippen molar-refractivity contribution in [1.29, 1.82) is 0 Å². The summed E-state index contributed by atoms with van der Waals surface area (Å²) in [7, 11) is 1.37. The van der Waals surface area contributed by atoms with Gasteiger partial charge in [0.2, 0.25) is 0 Å². The van der Waals surface area contributed by atoms with Gasteiger partial charge in [-0.05, 0) is 36.8 Å². The molecule has 1 aromatic heterocycles. The Morgan fingerprint density at radius 2 is 1.76 bits per heavy atom. The third-order valence-electron chi connectivity index (χ3n) is 4.13. The summed E-state index contributed by atoms with van der Waals surface area (Å²) in [6.45, 7) is 2.78. The van der Waals surface area contributed by atoms with Gasteiger partial charge in [0.15, 0.2) is 0 Å². The molecule has 4 nitrogen and oxygen atoms in total. The van der Waals surface area contributed by atoms with E-state index in [1.807, 2.05) is 42.5 Å². The molecule has 0 amide bonds. The van der Waals surface area contributed by atoms with Crippen LogP contribution in [0.4, 0.5) is 0 Å². The summed E-state index contributed by atoms with van der Waals surface area (Å²) in [6.07, 6.45) is 0. The maximum Gasteiger partial charge on any atom is 0.337 e. The van der Waals surface area contributed by atoms with E-state index in [2.05, 4.69) is 24.4 Å². The highest BCUT2D eigenvalue weighted by Crippen LogP contribution is 2.23. The first-order valence-electron chi connectivity index (χ1n) is 8.23. The number of hydrogen-bond acceptors (Lipinski definition) is 4. The van der Waals surface area contributed by atoms with Crippen LogP contribution in [0.1, 0.15) is 34.6 Å². The number of nitrogens with one attached hydrogen (secondary N) is 1. The van der Waals surface area contributed by atoms with Crippen LogP contribution in [0.2, 0.25) is 0 Å². The molecule has 2 aromatic carbocycles. The first kappa shape index (κ1) is 17.0. The molecule has 0 saturated carbocycles. The first-order valence-corrected chi connectivity index (χ1v) is 8.23. The lowest BCUT2D eigenvalue weighted by Gasteiger charge is -2.12. The van der Waals surface area contributed by atoms with Crippen molar-refractivity contribution in [2.75, 3.05) is 7.11 Å². The van der Waals surface area contributed by atoms with Gasteiger partial charge in [0.1, 0.15) is 11.5 Å². The van der Waals surface area contributed by atoms with Gasteiger partial charge in [-0.15, -0.1) is 0 Å². The van der Waals surface area contributed by atoms with Crippen LogP contribution in [0.15, 0.2) is 71.1 Å². The van der Waals surface area contributed by atoms with Gasteiger partial charge in [0.25, 0.3) is 0 Å². The monoisotopic (exact) mass is 335 g/mol. The molecule has 0 aliphatic heterocycles. The van der Waals surface area contributed by atoms with Crippen LogP contribution in [0, 0.1) is 0 Å². The van der Waals surface area contributed by atoms with Crippen molar-refractivity contribution in [2.24, 2.45) is 0 Å². The van der Waals surface area contributed by atoms with Gasteiger partial charge in [-0.3, -0.25) is 0 Å². The molecule has 25 heavy (non-hydrogen) atoms. The van der Waals surface area contributed by atoms with Crippen molar-refractivity contribution in [3.63, 3.8) is 0 Å². The van der Waals surface area contributed by atoms with E-state index in [0.29, 0.717) is 12.1 Å². The molecule has 0 fully saturated rings. The number of carbonyl (C=O) groups is 1. The van der Waals surface area contributed by atoms with Gasteiger partial charge in [0.05, 0.1) is 19.2 Å². The average molecular weight is 335 g/mol. The van der Waals surface area contributed by atoms with E-state index in [0.717, 1.165) is 17.1 Å². The van der Waals surface area contributed by atoms with E-state index in [9.17, 15) is 4.79 Å². The highest BCUT2D eigenvalue weighted by molar-refractivity contribution is 5.89. The third kappa shape index (κ3) is 4.17. The number of carbonyl (C=O) groups excluding carboxylic acids is 1. The Hall–Kier alpha value is -2.85. The highest BCUT2D eigenvalue weighted by Gasteiger charge is 2.09. The Morgan fingerprint density at radius 1 is 1.04 bits per heavy atom. The molecule has 0 aliphatic carbocycles. The molecule has 1 heterocycles. The minimum atomic E-state index is -0.342. The SMILES string of the molecule is COC(=O)c1ccc(-c2ccc(CN[C@@H](C)c3ccccc3)o2)cc1. The second-order valence-electron chi connectivity index (χ2n) is 5.85. The Labute approximate surface area is 147 Å². The minimum absolute atomic E-state index is 0.245. The standard InChI is InChI=1S/C21H21NO3/c1-15(16-6-4-3-5-7-16)22-14-19-12-13-20(25-19)17-8-10-18(11-9-17)21(23)24-2/h3-13,15,22H,14H2,1-2H3/t15-/m0/s1. The van der Waals surface area contributed by atoms with Crippen molar-refractivity contribution in [3.8, 4) is 11.3 Å². The van der Waals surface area contributed by atoms with Gasteiger partial charge >= 0.3 is 5.97 Å². The number of hydrogen-bond donors (Lipinski definition) is 1. The molecule has 0 spiro atoms. The second-order valence-corrected chi connectivity index (χ2v) is 5.85. The molecule has 0 unspecified atom stereocenters. The highest BCUT2D eigenvalue weighted by atomic mass is 16.5. The predicted molar refractivity (Wildman–Crippen MR) is 97.2 cm³/mol. The van der Waals surface area contributed by atoms with Gasteiger partial charge in [-0.1, -0.05) is 42.5 Å². The van der Waals surface area contributed by atoms with Gasteiger partial charge in [-0.2, -0.15) is 0 Å². The van der Waals surface area contributed by atoms with Crippen molar-refractivity contribution >= 4 is 5.97 Å². The van der Waals surface area contributed by atoms with Crippen molar-refractivity contribution in [2.45, 2.75) is 19.5 Å². The van der Waals surface area contributed by atoms with Gasteiger partial charge in [-0.25, -0.2) is 4.79 Å². The number of esters is 1. The molecular weight excluding hydrogens is 314 g/mol. The third-order valence-corrected chi connectivity index (χ3v) is 4.13. The molecular formula is C21H21NO3. The average Bonchev–Trinajstić information content (AvgIpc) is 3.15. The number of benzene rings is 2. The van der Waals surface area contributed by atoms with E-state index in [1.165, 1.54) is 12.7 Å². The van der Waals surface area contributed by atoms with E-state index in [-0.39, 0.29) is 12.0 Å². The largest absolute Gasteiger partial charge is 0.465 e. The molecule has 0 aliphatic rings. The molecule has 4 heteroatoms. The van der Waals surface area contributed by atoms with Crippen molar-refractivity contribution in [1.82, 2.24) is 5.32 Å². The summed E-state index contributed by atoms with van der Waals surface area (Å²) in [5.41, 5.74) is 2.69. The minimum Gasteiger partial charge on any atom is -0.465 e. The van der Waals surface area contributed by atoms with E-state index in [4.69, 9.17) is 9.15 Å². The van der Waals surface area contributed by atoms with Crippen LogP contribution in [-0.4, -0.2) is 13.1 Å². The fraction of sp³-hybridized carbons (Fsp3) is 0.190. The Kier molecular flexibility index (Phi) is 5.31. The summed E-state index contributed by atoms with van der Waals surface area (Å²) >= 11 is 0. The maximum absolute atomic E-state index is 11.5. The van der Waals surface area contributed by atoms with E-state index in [1.54, 1.807) is 12.1 Å². The van der Waals surface area contributed by atoms with Gasteiger partial charge < -0.3 is 14.5 Å². The number of ether oxygens (including phenoxy) is 1. The normalized spacial score (nSPS) is 11.9. The Bertz CT molecular complexity index is 822. The van der Waals surface area contributed by atoms with Gasteiger partial charge in [0, 0.05) is 11.6 Å². The Morgan fingerprint density at radius 3 is 2.44 bits per heavy atom. The molecule has 3 rings (SSSR count). The van der Waals surface area contributed by atoms with Crippen molar-refractivity contribution in [3.05, 3.63) is 83.6 Å². The van der Waals surface area contributed by atoms with Crippen molar-refractivity contribution < 1.29 is 13.9 Å². The fourth-order valence-electron chi connectivity index (χ4n) is 2.63. The lowest BCUT2D eigenvalue weighted by molar-refractivity contribution is 0.0600. The predicted octanol–water partition coefficient (Wildman–Crippen LogP) is 4.58. The van der Waals surface area contributed by atoms with Crippen LogP contribution < -0.4 is 5.32 Å². The second kappa shape index (κ2) is 7.81. The summed E-state index contributed by atoms with van der Waals surface area (Å²) in [6, 6.07) is 21.6. The lowest BCUT2D eigenvalue weighted by Crippen LogP contribution is -2.17. The van der Waals surface area contributed by atoms with Crippen LogP contribution in [0.25, 0.3) is 11.3 Å². The number of methoxy groups -OCH3 is 1. The lowest BCUT2D eigenvalue weighted by atomic mass is 10.1. The van der Waals surface area contributed by atoms with E-state index < -0.39 is 0 Å². The zero-order chi connectivity index (χ0) is 17.6. The molecule has 0 bridgehead atoms. The van der Waals surface area contributed by atoms with E-state index >= 15 is 0 Å².